The van der Waals surface area contributed by atoms with E-state index >= 15 is 0 Å². The molecule has 1 heterocycles. The fourth-order valence-electron chi connectivity index (χ4n) is 2.26. The average Bonchev–Trinajstić information content (AvgIpc) is 2.94. The van der Waals surface area contributed by atoms with Crippen molar-refractivity contribution >= 4 is 17.2 Å². The molecule has 0 fully saturated rings. The van der Waals surface area contributed by atoms with Gasteiger partial charge in [-0.2, -0.15) is 0 Å². The number of thiazole rings is 1. The second-order valence-electron chi connectivity index (χ2n) is 5.43. The number of aryl methyl sites for hydroxylation is 1. The van der Waals surface area contributed by atoms with E-state index in [1.54, 1.807) is 19.2 Å². The van der Waals surface area contributed by atoms with Crippen molar-refractivity contribution in [1.82, 2.24) is 15.6 Å². The lowest BCUT2D eigenvalue weighted by Gasteiger charge is -2.13. The number of nitrogens with one attached hydrogen (secondary N) is 2. The highest BCUT2D eigenvalue weighted by atomic mass is 32.1. The number of carbonyl (C=O) groups is 1. The SMILES string of the molecule is COCCNCC(=O)NC(C)c1sc(-c2ccc(F)cc2)nc1C. The van der Waals surface area contributed by atoms with Crippen LogP contribution in [0.2, 0.25) is 0 Å². The number of amides is 1. The summed E-state index contributed by atoms with van der Waals surface area (Å²) in [5.41, 5.74) is 1.75. The highest BCUT2D eigenvalue weighted by Gasteiger charge is 2.17. The summed E-state index contributed by atoms with van der Waals surface area (Å²) in [6.45, 7) is 5.29. The van der Waals surface area contributed by atoms with Crippen LogP contribution in [0.15, 0.2) is 24.3 Å². The molecule has 1 aromatic carbocycles. The molecule has 2 N–H and O–H groups in total. The number of methoxy groups -OCH3 is 1. The number of nitrogens with zero attached hydrogens (tertiary/aromatic N) is 1. The summed E-state index contributed by atoms with van der Waals surface area (Å²) in [5.74, 6) is -0.344. The summed E-state index contributed by atoms with van der Waals surface area (Å²) < 4.78 is 17.9. The fraction of sp³-hybridized carbons (Fsp3) is 0.412. The number of rotatable bonds is 8. The van der Waals surface area contributed by atoms with Crippen molar-refractivity contribution < 1.29 is 13.9 Å². The molecule has 5 nitrogen and oxygen atoms in total. The van der Waals surface area contributed by atoms with E-state index in [2.05, 4.69) is 15.6 Å². The summed E-state index contributed by atoms with van der Waals surface area (Å²) >= 11 is 1.51. The van der Waals surface area contributed by atoms with Crippen LogP contribution in [0.5, 0.6) is 0 Å². The molecule has 1 atom stereocenters. The standard InChI is InChI=1S/C17H22FN3O2S/c1-11(20-15(22)10-19-8-9-23-3)16-12(2)21-17(24-16)13-4-6-14(18)7-5-13/h4-7,11,19H,8-10H2,1-3H3,(H,20,22). The van der Waals surface area contributed by atoms with Crippen molar-refractivity contribution in [1.29, 1.82) is 0 Å². The smallest absolute Gasteiger partial charge is 0.234 e. The first-order valence-electron chi connectivity index (χ1n) is 7.73. The van der Waals surface area contributed by atoms with Crippen LogP contribution in [-0.2, 0) is 9.53 Å². The lowest BCUT2D eigenvalue weighted by molar-refractivity contribution is -0.120. The number of ether oxygens (including phenoxy) is 1. The molecular formula is C17H22FN3O2S. The molecule has 0 radical (unpaired) electrons. The van der Waals surface area contributed by atoms with Gasteiger partial charge in [-0.05, 0) is 38.1 Å². The van der Waals surface area contributed by atoms with Crippen molar-refractivity contribution in [3.63, 3.8) is 0 Å². The highest BCUT2D eigenvalue weighted by Crippen LogP contribution is 2.31. The van der Waals surface area contributed by atoms with Gasteiger partial charge in [0.2, 0.25) is 5.91 Å². The average molecular weight is 351 g/mol. The van der Waals surface area contributed by atoms with Gasteiger partial charge in [0.15, 0.2) is 0 Å². The van der Waals surface area contributed by atoms with Gasteiger partial charge < -0.3 is 15.4 Å². The minimum atomic E-state index is -0.270. The third-order valence-corrected chi connectivity index (χ3v) is 4.85. The van der Waals surface area contributed by atoms with Gasteiger partial charge in [-0.15, -0.1) is 11.3 Å². The summed E-state index contributed by atoms with van der Waals surface area (Å²) in [4.78, 5) is 17.5. The molecule has 1 aromatic heterocycles. The van der Waals surface area contributed by atoms with Crippen molar-refractivity contribution in [3.8, 4) is 10.6 Å². The Morgan fingerprint density at radius 1 is 1.38 bits per heavy atom. The van der Waals surface area contributed by atoms with E-state index in [1.165, 1.54) is 23.5 Å². The lowest BCUT2D eigenvalue weighted by atomic mass is 10.2. The van der Waals surface area contributed by atoms with E-state index in [4.69, 9.17) is 4.74 Å². The Bertz CT molecular complexity index is 673. The molecule has 2 rings (SSSR count). The number of halogens is 1. The number of hydrogen-bond donors (Lipinski definition) is 2. The predicted octanol–water partition coefficient (Wildman–Crippen LogP) is 2.67. The van der Waals surface area contributed by atoms with Crippen LogP contribution in [0.3, 0.4) is 0 Å². The molecule has 0 saturated heterocycles. The Kier molecular flexibility index (Phi) is 6.84. The molecular weight excluding hydrogens is 329 g/mol. The Balaban J connectivity index is 1.98. The lowest BCUT2D eigenvalue weighted by Crippen LogP contribution is -2.36. The van der Waals surface area contributed by atoms with Crippen molar-refractivity contribution in [2.24, 2.45) is 0 Å². The molecule has 0 aliphatic carbocycles. The fourth-order valence-corrected chi connectivity index (χ4v) is 3.33. The maximum absolute atomic E-state index is 13.0. The molecule has 0 aliphatic heterocycles. The Morgan fingerprint density at radius 3 is 2.75 bits per heavy atom. The zero-order chi connectivity index (χ0) is 17.5. The summed E-state index contributed by atoms with van der Waals surface area (Å²) in [6, 6.07) is 6.12. The van der Waals surface area contributed by atoms with E-state index in [-0.39, 0.29) is 24.3 Å². The van der Waals surface area contributed by atoms with Gasteiger partial charge in [0.05, 0.1) is 29.8 Å². The monoisotopic (exact) mass is 351 g/mol. The van der Waals surface area contributed by atoms with Gasteiger partial charge in [-0.3, -0.25) is 4.79 Å². The Hall–Kier alpha value is -1.83. The van der Waals surface area contributed by atoms with Crippen molar-refractivity contribution in [3.05, 3.63) is 40.7 Å². The summed E-state index contributed by atoms with van der Waals surface area (Å²) in [7, 11) is 1.62. The first kappa shape index (κ1) is 18.5. The zero-order valence-electron chi connectivity index (χ0n) is 14.1. The number of benzene rings is 1. The van der Waals surface area contributed by atoms with E-state index in [1.807, 2.05) is 13.8 Å². The summed E-state index contributed by atoms with van der Waals surface area (Å²) in [6.07, 6.45) is 0. The third-order valence-electron chi connectivity index (χ3n) is 3.46. The molecule has 0 saturated carbocycles. The van der Waals surface area contributed by atoms with Crippen LogP contribution in [-0.4, -0.2) is 37.7 Å². The molecule has 2 aromatic rings. The maximum atomic E-state index is 13.0. The largest absolute Gasteiger partial charge is 0.383 e. The van der Waals surface area contributed by atoms with E-state index < -0.39 is 0 Å². The van der Waals surface area contributed by atoms with Crippen LogP contribution in [0.4, 0.5) is 4.39 Å². The van der Waals surface area contributed by atoms with Gasteiger partial charge in [0.1, 0.15) is 10.8 Å². The normalized spacial score (nSPS) is 12.2. The predicted molar refractivity (Wildman–Crippen MR) is 93.5 cm³/mol. The zero-order valence-corrected chi connectivity index (χ0v) is 14.9. The van der Waals surface area contributed by atoms with E-state index in [0.717, 1.165) is 21.1 Å². The molecule has 0 aliphatic rings. The summed E-state index contributed by atoms with van der Waals surface area (Å²) in [5, 5.41) is 6.79. The van der Waals surface area contributed by atoms with E-state index in [0.29, 0.717) is 13.2 Å². The second-order valence-corrected chi connectivity index (χ2v) is 6.46. The first-order valence-corrected chi connectivity index (χ1v) is 8.55. The quantitative estimate of drug-likeness (QED) is 0.718. The Labute approximate surface area is 145 Å². The molecule has 0 bridgehead atoms. The molecule has 24 heavy (non-hydrogen) atoms. The maximum Gasteiger partial charge on any atom is 0.234 e. The second kappa shape index (κ2) is 8.86. The molecule has 130 valence electrons. The Morgan fingerprint density at radius 2 is 2.08 bits per heavy atom. The van der Waals surface area contributed by atoms with E-state index in [9.17, 15) is 9.18 Å². The molecule has 1 amide bonds. The van der Waals surface area contributed by atoms with Crippen LogP contribution in [0.25, 0.3) is 10.6 Å². The number of hydrogen-bond acceptors (Lipinski definition) is 5. The highest BCUT2D eigenvalue weighted by molar-refractivity contribution is 7.15. The number of aromatic nitrogens is 1. The van der Waals surface area contributed by atoms with Gasteiger partial charge in [0, 0.05) is 19.2 Å². The molecule has 1 unspecified atom stereocenters. The minimum Gasteiger partial charge on any atom is -0.383 e. The first-order chi connectivity index (χ1) is 11.5. The van der Waals surface area contributed by atoms with Crippen molar-refractivity contribution in [2.45, 2.75) is 19.9 Å². The number of carbonyl (C=O) groups excluding carboxylic acids is 1. The van der Waals surface area contributed by atoms with Gasteiger partial charge in [-0.25, -0.2) is 9.37 Å². The van der Waals surface area contributed by atoms with Gasteiger partial charge in [-0.1, -0.05) is 0 Å². The van der Waals surface area contributed by atoms with Gasteiger partial charge in [0.25, 0.3) is 0 Å². The van der Waals surface area contributed by atoms with Crippen LogP contribution in [0, 0.1) is 12.7 Å². The topological polar surface area (TPSA) is 63.2 Å². The van der Waals surface area contributed by atoms with Crippen molar-refractivity contribution in [2.75, 3.05) is 26.8 Å². The molecule has 0 spiro atoms. The van der Waals surface area contributed by atoms with Gasteiger partial charge >= 0.3 is 0 Å². The third kappa shape index (κ3) is 5.09. The molecule has 7 heteroatoms. The van der Waals surface area contributed by atoms with Crippen LogP contribution >= 0.6 is 11.3 Å². The van der Waals surface area contributed by atoms with Crippen LogP contribution in [0.1, 0.15) is 23.5 Å². The minimum absolute atomic E-state index is 0.0743. The van der Waals surface area contributed by atoms with Crippen LogP contribution < -0.4 is 10.6 Å².